The number of ketones is 1. The lowest BCUT2D eigenvalue weighted by molar-refractivity contribution is -0.117. The molecule has 0 unspecified atom stereocenters. The van der Waals surface area contributed by atoms with Crippen LogP contribution in [0.1, 0.15) is 22.2 Å². The molecule has 1 heterocycles. The Kier molecular flexibility index (Phi) is 4.26. The second-order valence-corrected chi connectivity index (χ2v) is 5.49. The molecule has 0 aliphatic rings. The van der Waals surface area contributed by atoms with E-state index < -0.39 is 0 Å². The largest absolute Gasteiger partial charge is 0.299 e. The fourth-order valence-corrected chi connectivity index (χ4v) is 2.78. The number of benzene rings is 1. The van der Waals surface area contributed by atoms with Gasteiger partial charge < -0.3 is 0 Å². The molecule has 0 N–H and O–H groups in total. The van der Waals surface area contributed by atoms with E-state index in [1.807, 2.05) is 6.07 Å². The molecular formula is C15H15FOS. The molecule has 1 aromatic carbocycles. The predicted octanol–water partition coefficient (Wildman–Crippen LogP) is 3.80. The van der Waals surface area contributed by atoms with Crippen molar-refractivity contribution in [3.8, 4) is 0 Å². The lowest BCUT2D eigenvalue weighted by atomic mass is 10.1. The normalized spacial score (nSPS) is 10.6. The molecule has 1 aromatic heterocycles. The van der Waals surface area contributed by atoms with Gasteiger partial charge in [-0.3, -0.25) is 4.79 Å². The zero-order valence-corrected chi connectivity index (χ0v) is 11.1. The van der Waals surface area contributed by atoms with Crippen molar-refractivity contribution >= 4 is 17.1 Å². The van der Waals surface area contributed by atoms with Crippen molar-refractivity contribution < 1.29 is 9.18 Å². The monoisotopic (exact) mass is 262 g/mol. The van der Waals surface area contributed by atoms with E-state index in [0.717, 1.165) is 16.9 Å². The van der Waals surface area contributed by atoms with Gasteiger partial charge in [-0.05, 0) is 36.2 Å². The summed E-state index contributed by atoms with van der Waals surface area (Å²) in [6.45, 7) is 2.11. The van der Waals surface area contributed by atoms with Gasteiger partial charge in [0.25, 0.3) is 0 Å². The van der Waals surface area contributed by atoms with E-state index in [-0.39, 0.29) is 11.6 Å². The minimum absolute atomic E-state index is 0.172. The Balaban J connectivity index is 1.94. The van der Waals surface area contributed by atoms with Crippen molar-refractivity contribution in [1.29, 1.82) is 0 Å². The highest BCUT2D eigenvalue weighted by Gasteiger charge is 2.07. The van der Waals surface area contributed by atoms with Gasteiger partial charge in [-0.1, -0.05) is 19.1 Å². The van der Waals surface area contributed by atoms with E-state index in [1.54, 1.807) is 23.5 Å². The molecule has 0 atom stereocenters. The maximum atomic E-state index is 12.7. The van der Waals surface area contributed by atoms with E-state index in [9.17, 15) is 9.18 Å². The van der Waals surface area contributed by atoms with Crippen LogP contribution in [0.4, 0.5) is 4.39 Å². The third-order valence-electron chi connectivity index (χ3n) is 2.75. The first-order valence-electron chi connectivity index (χ1n) is 6.01. The van der Waals surface area contributed by atoms with Crippen LogP contribution in [0.2, 0.25) is 0 Å². The van der Waals surface area contributed by atoms with E-state index in [1.165, 1.54) is 17.0 Å². The van der Waals surface area contributed by atoms with Crippen molar-refractivity contribution in [2.75, 3.05) is 0 Å². The summed E-state index contributed by atoms with van der Waals surface area (Å²) >= 11 is 1.69. The second kappa shape index (κ2) is 5.91. The number of rotatable bonds is 5. The number of carbonyl (C=O) groups is 1. The lowest BCUT2D eigenvalue weighted by Crippen LogP contribution is -2.05. The number of thiophene rings is 1. The Morgan fingerprint density at radius 3 is 2.33 bits per heavy atom. The van der Waals surface area contributed by atoms with Crippen LogP contribution in [0.25, 0.3) is 0 Å². The summed E-state index contributed by atoms with van der Waals surface area (Å²) in [6, 6.07) is 10.2. The third kappa shape index (κ3) is 3.50. The highest BCUT2D eigenvalue weighted by molar-refractivity contribution is 7.12. The topological polar surface area (TPSA) is 17.1 Å². The van der Waals surface area contributed by atoms with Gasteiger partial charge in [0.2, 0.25) is 0 Å². The maximum absolute atomic E-state index is 12.7. The fraction of sp³-hybridized carbons (Fsp3) is 0.267. The standard InChI is InChI=1S/C15H15FOS/c1-2-14-7-8-15(18-14)10-13(17)9-11-3-5-12(16)6-4-11/h3-8H,2,9-10H2,1H3. The minimum Gasteiger partial charge on any atom is -0.299 e. The van der Waals surface area contributed by atoms with Crippen LogP contribution in [0, 0.1) is 5.82 Å². The number of hydrogen-bond donors (Lipinski definition) is 0. The highest BCUT2D eigenvalue weighted by atomic mass is 32.1. The lowest BCUT2D eigenvalue weighted by Gasteiger charge is -2.00. The van der Waals surface area contributed by atoms with Crippen LogP contribution in [0.5, 0.6) is 0 Å². The molecule has 3 heteroatoms. The number of hydrogen-bond acceptors (Lipinski definition) is 2. The molecule has 94 valence electrons. The van der Waals surface area contributed by atoms with E-state index in [4.69, 9.17) is 0 Å². The van der Waals surface area contributed by atoms with Gasteiger partial charge in [0.1, 0.15) is 11.6 Å². The molecule has 0 amide bonds. The molecule has 0 spiro atoms. The molecule has 0 fully saturated rings. The third-order valence-corrected chi connectivity index (χ3v) is 3.98. The van der Waals surface area contributed by atoms with Crippen molar-refractivity contribution in [3.63, 3.8) is 0 Å². The summed E-state index contributed by atoms with van der Waals surface area (Å²) in [7, 11) is 0. The second-order valence-electron chi connectivity index (χ2n) is 4.24. The summed E-state index contributed by atoms with van der Waals surface area (Å²) in [5.74, 6) is -0.0943. The molecule has 0 aliphatic heterocycles. The molecule has 2 aromatic rings. The Labute approximate surface area is 110 Å². The number of halogens is 1. The first-order chi connectivity index (χ1) is 8.67. The van der Waals surface area contributed by atoms with E-state index in [0.29, 0.717) is 12.8 Å². The van der Waals surface area contributed by atoms with Crippen molar-refractivity contribution in [2.45, 2.75) is 26.2 Å². The summed E-state index contributed by atoms with van der Waals surface area (Å²) < 4.78 is 12.7. The molecular weight excluding hydrogens is 247 g/mol. The van der Waals surface area contributed by atoms with Gasteiger partial charge in [0, 0.05) is 22.6 Å². The van der Waals surface area contributed by atoms with Crippen LogP contribution < -0.4 is 0 Å². The number of carbonyl (C=O) groups excluding carboxylic acids is 1. The van der Waals surface area contributed by atoms with Gasteiger partial charge in [-0.25, -0.2) is 4.39 Å². The van der Waals surface area contributed by atoms with Gasteiger partial charge in [-0.15, -0.1) is 11.3 Å². The average molecular weight is 262 g/mol. The zero-order chi connectivity index (χ0) is 13.0. The van der Waals surface area contributed by atoms with Crippen LogP contribution in [-0.2, 0) is 24.1 Å². The van der Waals surface area contributed by atoms with E-state index in [2.05, 4.69) is 13.0 Å². The molecule has 0 radical (unpaired) electrons. The summed E-state index contributed by atoms with van der Waals surface area (Å²) in [5.41, 5.74) is 0.869. The van der Waals surface area contributed by atoms with Gasteiger partial charge in [0.05, 0.1) is 0 Å². The Morgan fingerprint density at radius 1 is 1.06 bits per heavy atom. The van der Waals surface area contributed by atoms with Crippen molar-refractivity contribution in [3.05, 3.63) is 57.5 Å². The van der Waals surface area contributed by atoms with Crippen molar-refractivity contribution in [1.82, 2.24) is 0 Å². The molecule has 1 nitrogen and oxygen atoms in total. The summed E-state index contributed by atoms with van der Waals surface area (Å²) in [4.78, 5) is 14.3. The van der Waals surface area contributed by atoms with Gasteiger partial charge in [-0.2, -0.15) is 0 Å². The molecule has 0 aliphatic carbocycles. The number of aryl methyl sites for hydroxylation is 1. The first-order valence-corrected chi connectivity index (χ1v) is 6.82. The Bertz CT molecular complexity index is 528. The molecule has 18 heavy (non-hydrogen) atoms. The smallest absolute Gasteiger partial charge is 0.142 e. The van der Waals surface area contributed by atoms with Gasteiger partial charge in [0.15, 0.2) is 0 Å². The Morgan fingerprint density at radius 2 is 1.72 bits per heavy atom. The quantitative estimate of drug-likeness (QED) is 0.801. The first kappa shape index (κ1) is 13.0. The van der Waals surface area contributed by atoms with Crippen molar-refractivity contribution in [2.24, 2.45) is 0 Å². The van der Waals surface area contributed by atoms with Gasteiger partial charge >= 0.3 is 0 Å². The van der Waals surface area contributed by atoms with Crippen LogP contribution in [0.15, 0.2) is 36.4 Å². The Hall–Kier alpha value is -1.48. The molecule has 0 saturated carbocycles. The maximum Gasteiger partial charge on any atom is 0.142 e. The summed E-state index contributed by atoms with van der Waals surface area (Å²) in [6.07, 6.45) is 1.86. The van der Waals surface area contributed by atoms with Crippen LogP contribution >= 0.6 is 11.3 Å². The van der Waals surface area contributed by atoms with Crippen LogP contribution in [-0.4, -0.2) is 5.78 Å². The average Bonchev–Trinajstić information content (AvgIpc) is 2.79. The molecule has 0 bridgehead atoms. The number of Topliss-reactive ketones (excluding diaryl/α,β-unsaturated/α-hetero) is 1. The molecule has 0 saturated heterocycles. The SMILES string of the molecule is CCc1ccc(CC(=O)Cc2ccc(F)cc2)s1. The molecule has 2 rings (SSSR count). The zero-order valence-electron chi connectivity index (χ0n) is 10.3. The minimum atomic E-state index is -0.267. The predicted molar refractivity (Wildman–Crippen MR) is 72.5 cm³/mol. The fourth-order valence-electron chi connectivity index (χ4n) is 1.79. The highest BCUT2D eigenvalue weighted by Crippen LogP contribution is 2.18. The van der Waals surface area contributed by atoms with E-state index >= 15 is 0 Å². The van der Waals surface area contributed by atoms with Crippen LogP contribution in [0.3, 0.4) is 0 Å². The summed E-state index contributed by atoms with van der Waals surface area (Å²) in [5, 5.41) is 0.